The maximum absolute atomic E-state index is 13.3. The Bertz CT molecular complexity index is 1420. The summed E-state index contributed by atoms with van der Waals surface area (Å²) in [5.41, 5.74) is 3.32. The van der Waals surface area contributed by atoms with E-state index in [0.717, 1.165) is 53.9 Å². The third kappa shape index (κ3) is 4.76. The number of nitrogens with one attached hydrogen (secondary N) is 1. The molecule has 0 radical (unpaired) electrons. The average Bonchev–Trinajstić information content (AvgIpc) is 2.95. The van der Waals surface area contributed by atoms with Gasteiger partial charge in [0.1, 0.15) is 17.6 Å². The van der Waals surface area contributed by atoms with Crippen LogP contribution in [0.3, 0.4) is 0 Å². The molecule has 1 heterocycles. The zero-order valence-corrected chi connectivity index (χ0v) is 22.8. The second-order valence-corrected chi connectivity index (χ2v) is 11.2. The van der Waals surface area contributed by atoms with E-state index in [-0.39, 0.29) is 16.9 Å². The van der Waals surface area contributed by atoms with Crippen molar-refractivity contribution in [2.24, 2.45) is 0 Å². The fraction of sp³-hybridized carbons (Fsp3) is 0.379. The highest BCUT2D eigenvalue weighted by Gasteiger charge is 2.41. The Morgan fingerprint density at radius 1 is 0.763 bits per heavy atom. The van der Waals surface area contributed by atoms with E-state index in [1.165, 1.54) is 26.4 Å². The van der Waals surface area contributed by atoms with Crippen LogP contribution in [0.25, 0.3) is 0 Å². The largest absolute Gasteiger partial charge is 0.496 e. The topological polar surface area (TPSA) is 92.3 Å². The van der Waals surface area contributed by atoms with Crippen LogP contribution in [0.5, 0.6) is 23.0 Å². The lowest BCUT2D eigenvalue weighted by Crippen LogP contribution is -2.34. The van der Waals surface area contributed by atoms with Crippen molar-refractivity contribution in [2.75, 3.05) is 33.2 Å². The lowest BCUT2D eigenvalue weighted by Gasteiger charge is -2.42. The van der Waals surface area contributed by atoms with E-state index in [9.17, 15) is 8.42 Å². The molecule has 0 amide bonds. The summed E-state index contributed by atoms with van der Waals surface area (Å²) >= 11 is 0. The predicted molar refractivity (Wildman–Crippen MR) is 144 cm³/mol. The molecule has 0 aromatic heterocycles. The fourth-order valence-corrected chi connectivity index (χ4v) is 6.71. The average molecular weight is 540 g/mol. The Morgan fingerprint density at radius 3 is 2.13 bits per heavy atom. The van der Waals surface area contributed by atoms with Gasteiger partial charge >= 0.3 is 0 Å². The van der Waals surface area contributed by atoms with Crippen molar-refractivity contribution in [3.63, 3.8) is 0 Å². The molecule has 1 saturated carbocycles. The molecule has 3 atom stereocenters. The van der Waals surface area contributed by atoms with E-state index in [4.69, 9.17) is 23.7 Å². The molecule has 2 aliphatic rings. The minimum absolute atomic E-state index is 0.0503. The van der Waals surface area contributed by atoms with E-state index >= 15 is 0 Å². The van der Waals surface area contributed by atoms with Gasteiger partial charge in [-0.2, -0.15) is 0 Å². The Morgan fingerprint density at radius 2 is 1.42 bits per heavy atom. The van der Waals surface area contributed by atoms with E-state index in [2.05, 4.69) is 4.72 Å². The Labute approximate surface area is 223 Å². The molecule has 5 rings (SSSR count). The van der Waals surface area contributed by atoms with Gasteiger partial charge in [-0.1, -0.05) is 25.0 Å². The van der Waals surface area contributed by atoms with Crippen LogP contribution < -0.4 is 23.7 Å². The van der Waals surface area contributed by atoms with Crippen LogP contribution in [0, 0.1) is 0 Å². The summed E-state index contributed by atoms with van der Waals surface area (Å²) in [5, 5.41) is 0. The summed E-state index contributed by atoms with van der Waals surface area (Å²) < 4.78 is 58.0. The molecule has 1 aliphatic carbocycles. The Hall–Kier alpha value is -3.43. The zero-order valence-electron chi connectivity index (χ0n) is 22.0. The molecular weight excluding hydrogens is 506 g/mol. The van der Waals surface area contributed by atoms with E-state index < -0.39 is 16.1 Å². The van der Waals surface area contributed by atoms with Crippen molar-refractivity contribution in [1.82, 2.24) is 0 Å². The van der Waals surface area contributed by atoms with E-state index in [0.29, 0.717) is 17.2 Å². The summed E-state index contributed by atoms with van der Waals surface area (Å²) in [4.78, 5) is 0.0660. The number of fused-ring (bicyclic) bond motifs is 3. The van der Waals surface area contributed by atoms with Crippen molar-refractivity contribution < 1.29 is 32.1 Å². The molecule has 0 saturated heterocycles. The van der Waals surface area contributed by atoms with Crippen LogP contribution in [0.15, 0.2) is 59.5 Å². The van der Waals surface area contributed by atoms with Crippen molar-refractivity contribution >= 4 is 15.7 Å². The van der Waals surface area contributed by atoms with Gasteiger partial charge in [-0.15, -0.1) is 0 Å². The van der Waals surface area contributed by atoms with Crippen LogP contribution in [0.1, 0.15) is 54.4 Å². The summed E-state index contributed by atoms with van der Waals surface area (Å²) in [7, 11) is 2.42. The number of hydrogen-bond donors (Lipinski definition) is 1. The number of benzene rings is 3. The lowest BCUT2D eigenvalue weighted by molar-refractivity contribution is -0.0406. The number of methoxy groups -OCH3 is 4. The first kappa shape index (κ1) is 26.2. The highest BCUT2D eigenvalue weighted by Crippen LogP contribution is 2.53. The standard InChI is InChI=1S/C29H33NO7S/c1-33-23-13-12-20(17-26(23)36-4)38(31,32)30-19-9-7-8-18(16-19)29-28-25(35-3)15-14-24(34-2)27(28)21-10-5-6-11-22(21)37-29/h7-9,12-17,21-22,29-30H,5-6,10-11H2,1-4H3/t21-,22+,29-/m1/s1. The Kier molecular flexibility index (Phi) is 7.40. The van der Waals surface area contributed by atoms with Crippen molar-refractivity contribution in [3.05, 3.63) is 71.3 Å². The molecular formula is C29H33NO7S. The van der Waals surface area contributed by atoms with Gasteiger partial charge in [-0.25, -0.2) is 8.42 Å². The molecule has 9 heteroatoms. The van der Waals surface area contributed by atoms with Crippen LogP contribution in [0.4, 0.5) is 5.69 Å². The fourth-order valence-electron chi connectivity index (χ4n) is 5.65. The summed E-state index contributed by atoms with van der Waals surface area (Å²) in [6.07, 6.45) is 3.86. The molecule has 0 unspecified atom stereocenters. The maximum Gasteiger partial charge on any atom is 0.262 e. The first-order valence-corrected chi connectivity index (χ1v) is 14.1. The monoisotopic (exact) mass is 539 g/mol. The van der Waals surface area contributed by atoms with Gasteiger partial charge in [0.25, 0.3) is 10.0 Å². The second-order valence-electron chi connectivity index (χ2n) is 9.49. The van der Waals surface area contributed by atoms with Gasteiger partial charge in [0, 0.05) is 28.8 Å². The van der Waals surface area contributed by atoms with Crippen LogP contribution >= 0.6 is 0 Å². The molecule has 0 bridgehead atoms. The molecule has 1 fully saturated rings. The Balaban J connectivity index is 1.53. The smallest absolute Gasteiger partial charge is 0.262 e. The molecule has 3 aromatic rings. The number of hydrogen-bond acceptors (Lipinski definition) is 7. The molecule has 1 N–H and O–H groups in total. The van der Waals surface area contributed by atoms with Crippen LogP contribution in [-0.2, 0) is 14.8 Å². The van der Waals surface area contributed by atoms with Gasteiger partial charge in [-0.3, -0.25) is 4.72 Å². The molecule has 0 spiro atoms. The van der Waals surface area contributed by atoms with Crippen molar-refractivity contribution in [1.29, 1.82) is 0 Å². The highest BCUT2D eigenvalue weighted by molar-refractivity contribution is 7.92. The minimum atomic E-state index is -3.89. The van der Waals surface area contributed by atoms with Crippen molar-refractivity contribution in [2.45, 2.75) is 48.7 Å². The molecule has 8 nitrogen and oxygen atoms in total. The lowest BCUT2D eigenvalue weighted by atomic mass is 9.75. The number of anilines is 1. The third-order valence-corrected chi connectivity index (χ3v) is 8.78. The minimum Gasteiger partial charge on any atom is -0.496 e. The molecule has 1 aliphatic heterocycles. The highest BCUT2D eigenvalue weighted by atomic mass is 32.2. The first-order chi connectivity index (χ1) is 18.4. The van der Waals surface area contributed by atoms with Gasteiger partial charge in [0.15, 0.2) is 11.5 Å². The summed E-state index contributed by atoms with van der Waals surface area (Å²) in [6.45, 7) is 0. The summed E-state index contributed by atoms with van der Waals surface area (Å²) in [6, 6.07) is 15.7. The number of sulfonamides is 1. The predicted octanol–water partition coefficient (Wildman–Crippen LogP) is 5.67. The van der Waals surface area contributed by atoms with Crippen LogP contribution in [0.2, 0.25) is 0 Å². The van der Waals surface area contributed by atoms with Gasteiger partial charge in [0.05, 0.1) is 39.4 Å². The molecule has 3 aromatic carbocycles. The summed E-state index contributed by atoms with van der Waals surface area (Å²) in [5.74, 6) is 2.57. The van der Waals surface area contributed by atoms with E-state index in [1.807, 2.05) is 30.3 Å². The SMILES string of the molecule is COc1ccc(S(=O)(=O)Nc2cccc([C@H]3O[C@H]4CCCC[C@H]4c4c(OC)ccc(OC)c43)c2)cc1OC. The van der Waals surface area contributed by atoms with Crippen molar-refractivity contribution in [3.8, 4) is 23.0 Å². The molecule has 38 heavy (non-hydrogen) atoms. The first-order valence-electron chi connectivity index (χ1n) is 12.6. The molecule has 202 valence electrons. The second kappa shape index (κ2) is 10.7. The third-order valence-electron chi connectivity index (χ3n) is 7.40. The van der Waals surface area contributed by atoms with Gasteiger partial charge in [0.2, 0.25) is 0 Å². The number of rotatable bonds is 8. The maximum atomic E-state index is 13.3. The number of ether oxygens (including phenoxy) is 5. The van der Waals surface area contributed by atoms with Gasteiger partial charge < -0.3 is 23.7 Å². The van der Waals surface area contributed by atoms with Crippen LogP contribution in [-0.4, -0.2) is 43.0 Å². The quantitative estimate of drug-likeness (QED) is 0.394. The normalized spacial score (nSPS) is 20.6. The zero-order chi connectivity index (χ0) is 26.9. The van der Waals surface area contributed by atoms with Gasteiger partial charge in [-0.05, 0) is 54.8 Å². The van der Waals surface area contributed by atoms with E-state index in [1.54, 1.807) is 26.4 Å².